The molecule has 9 heteroatoms. The largest absolute Gasteiger partial charge is 0.493 e. The molecule has 29 heavy (non-hydrogen) atoms. The number of benzene rings is 1. The minimum absolute atomic E-state index is 0.0409. The van der Waals surface area contributed by atoms with E-state index in [-0.39, 0.29) is 11.7 Å². The molecule has 1 aromatic carbocycles. The fourth-order valence-electron chi connectivity index (χ4n) is 4.13. The van der Waals surface area contributed by atoms with Crippen LogP contribution in [0.2, 0.25) is 0 Å². The second kappa shape index (κ2) is 5.94. The highest BCUT2D eigenvalue weighted by atomic mass is 19.1. The summed E-state index contributed by atoms with van der Waals surface area (Å²) in [6.07, 6.45) is 3.19. The molecule has 5 heterocycles. The van der Waals surface area contributed by atoms with E-state index in [2.05, 4.69) is 20.7 Å². The third kappa shape index (κ3) is 2.33. The van der Waals surface area contributed by atoms with Crippen LogP contribution in [0, 0.1) is 12.7 Å². The van der Waals surface area contributed by atoms with Gasteiger partial charge in [-0.3, -0.25) is 4.40 Å². The van der Waals surface area contributed by atoms with E-state index in [9.17, 15) is 4.39 Å². The van der Waals surface area contributed by atoms with Gasteiger partial charge in [0.1, 0.15) is 24.2 Å². The fourth-order valence-corrected chi connectivity index (χ4v) is 4.13. The van der Waals surface area contributed by atoms with Crippen LogP contribution in [-0.2, 0) is 6.54 Å². The van der Waals surface area contributed by atoms with E-state index < -0.39 is 0 Å². The van der Waals surface area contributed by atoms with Gasteiger partial charge in [-0.1, -0.05) is 5.16 Å². The van der Waals surface area contributed by atoms with Crippen LogP contribution < -0.4 is 14.8 Å². The van der Waals surface area contributed by atoms with Crippen LogP contribution in [0.4, 0.5) is 10.2 Å². The molecule has 0 spiro atoms. The van der Waals surface area contributed by atoms with Gasteiger partial charge < -0.3 is 19.3 Å². The molecular formula is C20H16FN5O3. The summed E-state index contributed by atoms with van der Waals surface area (Å²) < 4.78 is 33.5. The molecule has 0 unspecified atom stereocenters. The zero-order chi connectivity index (χ0) is 19.5. The first-order valence-electron chi connectivity index (χ1n) is 9.29. The Bertz CT molecular complexity index is 1260. The Labute approximate surface area is 164 Å². The van der Waals surface area contributed by atoms with Gasteiger partial charge in [0.05, 0.1) is 24.8 Å². The summed E-state index contributed by atoms with van der Waals surface area (Å²) in [4.78, 5) is 0. The SMILES string of the molecule is Cc1nocc1-c1cc2c(n3cnnc13)NCc1c(F)ccc3c1[C@@H](CO3)CO2. The van der Waals surface area contributed by atoms with Gasteiger partial charge in [0, 0.05) is 28.8 Å². The third-order valence-electron chi connectivity index (χ3n) is 5.56. The zero-order valence-corrected chi connectivity index (χ0v) is 15.5. The molecule has 8 nitrogen and oxygen atoms in total. The van der Waals surface area contributed by atoms with Crippen molar-refractivity contribution < 1.29 is 18.4 Å². The Balaban J connectivity index is 1.54. The van der Waals surface area contributed by atoms with E-state index in [1.54, 1.807) is 23.1 Å². The molecule has 6 rings (SSSR count). The highest BCUT2D eigenvalue weighted by Gasteiger charge is 2.31. The summed E-state index contributed by atoms with van der Waals surface area (Å²) in [6, 6.07) is 5.03. The quantitative estimate of drug-likeness (QED) is 0.531. The van der Waals surface area contributed by atoms with Gasteiger partial charge in [-0.15, -0.1) is 10.2 Å². The molecule has 0 saturated heterocycles. The van der Waals surface area contributed by atoms with Gasteiger partial charge in [-0.05, 0) is 25.1 Å². The number of halogens is 1. The normalized spacial score (nSPS) is 17.4. The van der Waals surface area contributed by atoms with E-state index >= 15 is 0 Å². The van der Waals surface area contributed by atoms with Gasteiger partial charge >= 0.3 is 0 Å². The van der Waals surface area contributed by atoms with Crippen LogP contribution in [0.15, 0.2) is 35.3 Å². The molecule has 3 aromatic heterocycles. The summed E-state index contributed by atoms with van der Waals surface area (Å²) in [6.45, 7) is 2.99. The summed E-state index contributed by atoms with van der Waals surface area (Å²) in [7, 11) is 0. The van der Waals surface area contributed by atoms with Crippen molar-refractivity contribution in [2.45, 2.75) is 19.4 Å². The van der Waals surface area contributed by atoms with E-state index in [1.807, 2.05) is 13.0 Å². The number of pyridine rings is 1. The molecule has 1 N–H and O–H groups in total. The van der Waals surface area contributed by atoms with Crippen LogP contribution in [0.5, 0.6) is 11.5 Å². The van der Waals surface area contributed by atoms with Crippen LogP contribution in [0.1, 0.15) is 22.7 Å². The zero-order valence-electron chi connectivity index (χ0n) is 15.5. The van der Waals surface area contributed by atoms with Crippen LogP contribution in [0.25, 0.3) is 16.8 Å². The number of hydrogen-bond acceptors (Lipinski definition) is 7. The summed E-state index contributed by atoms with van der Waals surface area (Å²) >= 11 is 0. The number of aryl methyl sites for hydroxylation is 1. The lowest BCUT2D eigenvalue weighted by Gasteiger charge is -2.16. The molecule has 0 aliphatic carbocycles. The van der Waals surface area contributed by atoms with Crippen LogP contribution >= 0.6 is 0 Å². The van der Waals surface area contributed by atoms with Crippen molar-refractivity contribution >= 4 is 11.5 Å². The van der Waals surface area contributed by atoms with Gasteiger partial charge in [0.2, 0.25) is 0 Å². The predicted octanol–water partition coefficient (Wildman–Crippen LogP) is 3.31. The average molecular weight is 393 g/mol. The molecule has 0 amide bonds. The molecule has 4 aromatic rings. The van der Waals surface area contributed by atoms with Crippen molar-refractivity contribution in [2.75, 3.05) is 18.5 Å². The molecule has 0 radical (unpaired) electrons. The maximum Gasteiger partial charge on any atom is 0.170 e. The number of nitrogens with one attached hydrogen (secondary N) is 1. The molecular weight excluding hydrogens is 377 g/mol. The number of fused-ring (bicyclic) bond motifs is 3. The smallest absolute Gasteiger partial charge is 0.170 e. The highest BCUT2D eigenvalue weighted by molar-refractivity contribution is 5.82. The van der Waals surface area contributed by atoms with E-state index in [4.69, 9.17) is 14.0 Å². The molecule has 0 fully saturated rings. The first kappa shape index (κ1) is 16.3. The van der Waals surface area contributed by atoms with Crippen molar-refractivity contribution in [1.82, 2.24) is 19.8 Å². The van der Waals surface area contributed by atoms with Crippen molar-refractivity contribution in [1.29, 1.82) is 0 Å². The molecule has 1 atom stereocenters. The van der Waals surface area contributed by atoms with Gasteiger partial charge in [-0.25, -0.2) is 4.39 Å². The third-order valence-corrected chi connectivity index (χ3v) is 5.56. The highest BCUT2D eigenvalue weighted by Crippen LogP contribution is 2.42. The lowest BCUT2D eigenvalue weighted by molar-refractivity contribution is 0.249. The summed E-state index contributed by atoms with van der Waals surface area (Å²) in [5.41, 5.74) is 4.46. The number of anilines is 1. The maximum absolute atomic E-state index is 14.6. The van der Waals surface area contributed by atoms with Crippen molar-refractivity contribution in [3.05, 3.63) is 53.4 Å². The van der Waals surface area contributed by atoms with E-state index in [0.29, 0.717) is 42.5 Å². The number of ether oxygens (including phenoxy) is 2. The maximum atomic E-state index is 14.6. The second-order valence-electron chi connectivity index (χ2n) is 7.22. The predicted molar refractivity (Wildman–Crippen MR) is 101 cm³/mol. The second-order valence-corrected chi connectivity index (χ2v) is 7.22. The number of nitrogens with zero attached hydrogens (tertiary/aromatic N) is 4. The molecule has 0 saturated carbocycles. The Morgan fingerprint density at radius 2 is 2.03 bits per heavy atom. The van der Waals surface area contributed by atoms with Crippen molar-refractivity contribution in [2.24, 2.45) is 0 Å². The number of hydrogen-bond donors (Lipinski definition) is 1. The van der Waals surface area contributed by atoms with Crippen molar-refractivity contribution in [3.63, 3.8) is 0 Å². The lowest BCUT2D eigenvalue weighted by Crippen LogP contribution is -2.13. The first-order valence-corrected chi connectivity index (χ1v) is 9.29. The lowest BCUT2D eigenvalue weighted by atomic mass is 9.96. The molecule has 146 valence electrons. The van der Waals surface area contributed by atoms with Gasteiger partial charge in [-0.2, -0.15) is 0 Å². The Morgan fingerprint density at radius 3 is 2.86 bits per heavy atom. The standard InChI is InChI=1S/C20H16FN5O3/c1-10-14(8-29-25-10)12-4-17-20(26-9-23-24-19(12)26)22-5-13-15(21)2-3-16-18(13)11(6-27-16)7-28-17/h2-4,8-9,11,22H,5-7H2,1H3/t11-/m0/s1. The molecule has 0 bridgehead atoms. The minimum Gasteiger partial charge on any atom is -0.493 e. The topological polar surface area (TPSA) is 86.7 Å². The van der Waals surface area contributed by atoms with Crippen LogP contribution in [0.3, 0.4) is 0 Å². The summed E-state index contributed by atoms with van der Waals surface area (Å²) in [5.74, 6) is 1.71. The van der Waals surface area contributed by atoms with E-state index in [0.717, 1.165) is 28.1 Å². The average Bonchev–Trinajstić information content (AvgIpc) is 3.45. The number of rotatable bonds is 1. The fraction of sp³-hybridized carbons (Fsp3) is 0.250. The molecule has 2 aliphatic rings. The summed E-state index contributed by atoms with van der Waals surface area (Å²) in [5, 5.41) is 15.6. The van der Waals surface area contributed by atoms with Gasteiger partial charge in [0.25, 0.3) is 0 Å². The van der Waals surface area contributed by atoms with Crippen molar-refractivity contribution in [3.8, 4) is 22.6 Å². The molecule has 2 aliphatic heterocycles. The Morgan fingerprint density at radius 1 is 1.17 bits per heavy atom. The van der Waals surface area contributed by atoms with Crippen LogP contribution in [-0.4, -0.2) is 33.0 Å². The number of aromatic nitrogens is 4. The van der Waals surface area contributed by atoms with E-state index in [1.165, 1.54) is 6.07 Å². The minimum atomic E-state index is -0.257. The first-order chi connectivity index (χ1) is 14.2. The Hall–Kier alpha value is -3.62. The monoisotopic (exact) mass is 393 g/mol. The van der Waals surface area contributed by atoms with Gasteiger partial charge in [0.15, 0.2) is 17.2 Å². The Kier molecular flexibility index (Phi) is 3.35.